The van der Waals surface area contributed by atoms with Crippen molar-refractivity contribution in [2.75, 3.05) is 6.54 Å². The van der Waals surface area contributed by atoms with E-state index in [9.17, 15) is 4.79 Å². The average molecular weight is 321 g/mol. The number of rotatable bonds is 4. The fourth-order valence-corrected chi connectivity index (χ4v) is 2.76. The van der Waals surface area contributed by atoms with Gasteiger partial charge in [0.15, 0.2) is 5.82 Å². The van der Waals surface area contributed by atoms with Crippen LogP contribution in [0.3, 0.4) is 0 Å². The second-order valence-electron chi connectivity index (χ2n) is 5.32. The molecule has 2 heterocycles. The lowest BCUT2D eigenvalue weighted by Crippen LogP contribution is -2.32. The van der Waals surface area contributed by atoms with Crippen molar-refractivity contribution in [1.29, 1.82) is 0 Å². The lowest BCUT2D eigenvalue weighted by atomic mass is 10.1. The molecule has 1 saturated heterocycles. The van der Waals surface area contributed by atoms with E-state index in [-0.39, 0.29) is 18.1 Å². The standard InChI is InChI=1S/C15H17ClN4O2/c1-9-11(3-2-4-12(9)16)15(21)17-7-10-5-6-13(22-10)14-18-8-19-20-14/h2-4,8,10,13H,5-7H2,1H3,(H,17,21)(H,18,19,20)/t10-,13+/m1/s1. The van der Waals surface area contributed by atoms with Gasteiger partial charge in [-0.25, -0.2) is 4.98 Å². The average Bonchev–Trinajstić information content (AvgIpc) is 3.18. The van der Waals surface area contributed by atoms with Gasteiger partial charge >= 0.3 is 0 Å². The number of H-pyrrole nitrogens is 1. The summed E-state index contributed by atoms with van der Waals surface area (Å²) >= 11 is 6.04. The maximum Gasteiger partial charge on any atom is 0.251 e. The van der Waals surface area contributed by atoms with E-state index in [0.29, 0.717) is 17.1 Å². The van der Waals surface area contributed by atoms with Crippen LogP contribution in [-0.4, -0.2) is 33.7 Å². The van der Waals surface area contributed by atoms with Gasteiger partial charge in [0, 0.05) is 17.1 Å². The van der Waals surface area contributed by atoms with Crippen LogP contribution in [0.4, 0.5) is 0 Å². The Morgan fingerprint density at radius 2 is 2.36 bits per heavy atom. The van der Waals surface area contributed by atoms with E-state index in [2.05, 4.69) is 20.5 Å². The molecule has 22 heavy (non-hydrogen) atoms. The number of halogens is 1. The Balaban J connectivity index is 1.55. The first-order chi connectivity index (χ1) is 10.6. The molecule has 1 aliphatic rings. The van der Waals surface area contributed by atoms with Crippen LogP contribution < -0.4 is 5.32 Å². The minimum absolute atomic E-state index is 0.0152. The molecule has 0 aliphatic carbocycles. The van der Waals surface area contributed by atoms with Crippen LogP contribution in [-0.2, 0) is 4.74 Å². The first-order valence-corrected chi connectivity index (χ1v) is 7.57. The quantitative estimate of drug-likeness (QED) is 0.906. The van der Waals surface area contributed by atoms with Crippen LogP contribution in [0.1, 0.15) is 40.7 Å². The molecule has 2 N–H and O–H groups in total. The fourth-order valence-electron chi connectivity index (χ4n) is 2.58. The van der Waals surface area contributed by atoms with E-state index in [1.807, 2.05) is 6.92 Å². The molecule has 116 valence electrons. The summed E-state index contributed by atoms with van der Waals surface area (Å²) < 4.78 is 5.87. The SMILES string of the molecule is Cc1c(Cl)cccc1C(=O)NC[C@H]1CC[C@@H](c2ncn[nH]2)O1. The van der Waals surface area contributed by atoms with Crippen molar-refractivity contribution < 1.29 is 9.53 Å². The molecule has 3 rings (SSSR count). The third kappa shape index (κ3) is 3.13. The van der Waals surface area contributed by atoms with Crippen molar-refractivity contribution in [3.05, 3.63) is 46.5 Å². The number of benzene rings is 1. The molecule has 2 aromatic rings. The minimum Gasteiger partial charge on any atom is -0.365 e. The molecular formula is C15H17ClN4O2. The Kier molecular flexibility index (Phi) is 4.40. The predicted molar refractivity (Wildman–Crippen MR) is 81.8 cm³/mol. The molecular weight excluding hydrogens is 304 g/mol. The van der Waals surface area contributed by atoms with Gasteiger partial charge in [-0.2, -0.15) is 5.10 Å². The number of carbonyl (C=O) groups is 1. The van der Waals surface area contributed by atoms with Crippen LogP contribution in [0.25, 0.3) is 0 Å². The number of aromatic amines is 1. The van der Waals surface area contributed by atoms with Gasteiger partial charge in [0.2, 0.25) is 0 Å². The third-order valence-electron chi connectivity index (χ3n) is 3.85. The lowest BCUT2D eigenvalue weighted by molar-refractivity contribution is 0.0392. The van der Waals surface area contributed by atoms with Crippen molar-refractivity contribution in [1.82, 2.24) is 20.5 Å². The largest absolute Gasteiger partial charge is 0.365 e. The molecule has 0 bridgehead atoms. The van der Waals surface area contributed by atoms with E-state index in [4.69, 9.17) is 16.3 Å². The molecule has 6 nitrogen and oxygen atoms in total. The Hall–Kier alpha value is -1.92. The van der Waals surface area contributed by atoms with E-state index >= 15 is 0 Å². The smallest absolute Gasteiger partial charge is 0.251 e. The van der Waals surface area contributed by atoms with Crippen LogP contribution in [0.2, 0.25) is 5.02 Å². The molecule has 1 aliphatic heterocycles. The number of carbonyl (C=O) groups excluding carboxylic acids is 1. The first-order valence-electron chi connectivity index (χ1n) is 7.19. The van der Waals surface area contributed by atoms with Crippen LogP contribution in [0.5, 0.6) is 0 Å². The zero-order valence-electron chi connectivity index (χ0n) is 12.2. The van der Waals surface area contributed by atoms with E-state index in [1.54, 1.807) is 18.2 Å². The molecule has 0 unspecified atom stereocenters. The molecule has 0 radical (unpaired) electrons. The highest BCUT2D eigenvalue weighted by Gasteiger charge is 2.28. The second-order valence-corrected chi connectivity index (χ2v) is 5.72. The summed E-state index contributed by atoms with van der Waals surface area (Å²) in [6.45, 7) is 2.30. The fraction of sp³-hybridized carbons (Fsp3) is 0.400. The van der Waals surface area contributed by atoms with Crippen LogP contribution in [0.15, 0.2) is 24.5 Å². The van der Waals surface area contributed by atoms with Crippen LogP contribution >= 0.6 is 11.6 Å². The number of nitrogens with one attached hydrogen (secondary N) is 2. The molecule has 1 aromatic heterocycles. The minimum atomic E-state index is -0.133. The zero-order chi connectivity index (χ0) is 15.5. The normalized spacial score (nSPS) is 21.0. The Bertz CT molecular complexity index is 660. The van der Waals surface area contributed by atoms with Gasteiger partial charge in [0.1, 0.15) is 12.4 Å². The second kappa shape index (κ2) is 6.46. The topological polar surface area (TPSA) is 79.9 Å². The summed E-state index contributed by atoms with van der Waals surface area (Å²) in [7, 11) is 0. The summed E-state index contributed by atoms with van der Waals surface area (Å²) in [5.41, 5.74) is 1.38. The van der Waals surface area contributed by atoms with Crippen molar-refractivity contribution >= 4 is 17.5 Å². The highest BCUT2D eigenvalue weighted by molar-refractivity contribution is 6.31. The molecule has 1 amide bonds. The number of ether oxygens (including phenoxy) is 1. The zero-order valence-corrected chi connectivity index (χ0v) is 12.9. The van der Waals surface area contributed by atoms with Gasteiger partial charge in [-0.15, -0.1) is 0 Å². The summed E-state index contributed by atoms with van der Waals surface area (Å²) in [4.78, 5) is 16.3. The van der Waals surface area contributed by atoms with Crippen molar-refractivity contribution in [2.45, 2.75) is 32.0 Å². The van der Waals surface area contributed by atoms with Crippen LogP contribution in [0, 0.1) is 6.92 Å². The lowest BCUT2D eigenvalue weighted by Gasteiger charge is -2.14. The number of hydrogen-bond acceptors (Lipinski definition) is 4. The first kappa shape index (κ1) is 15.0. The third-order valence-corrected chi connectivity index (χ3v) is 4.26. The molecule has 7 heteroatoms. The molecule has 0 saturated carbocycles. The summed E-state index contributed by atoms with van der Waals surface area (Å²) in [6, 6.07) is 5.31. The van der Waals surface area contributed by atoms with E-state index in [1.165, 1.54) is 6.33 Å². The van der Waals surface area contributed by atoms with Crippen molar-refractivity contribution in [2.24, 2.45) is 0 Å². The van der Waals surface area contributed by atoms with Gasteiger partial charge in [-0.05, 0) is 37.5 Å². The van der Waals surface area contributed by atoms with Gasteiger partial charge in [-0.1, -0.05) is 17.7 Å². The molecule has 1 fully saturated rings. The van der Waals surface area contributed by atoms with Gasteiger partial charge < -0.3 is 10.1 Å². The number of amides is 1. The number of aromatic nitrogens is 3. The van der Waals surface area contributed by atoms with E-state index < -0.39 is 0 Å². The van der Waals surface area contributed by atoms with Gasteiger partial charge in [0.05, 0.1) is 6.10 Å². The number of hydrogen-bond donors (Lipinski definition) is 2. The van der Waals surface area contributed by atoms with Crippen molar-refractivity contribution in [3.8, 4) is 0 Å². The monoisotopic (exact) mass is 320 g/mol. The highest BCUT2D eigenvalue weighted by atomic mass is 35.5. The highest BCUT2D eigenvalue weighted by Crippen LogP contribution is 2.30. The molecule has 1 aromatic carbocycles. The Labute approximate surface area is 133 Å². The van der Waals surface area contributed by atoms with Gasteiger partial charge in [-0.3, -0.25) is 9.89 Å². The summed E-state index contributed by atoms with van der Waals surface area (Å²) in [6.07, 6.45) is 3.12. The maximum atomic E-state index is 12.2. The Morgan fingerprint density at radius 1 is 1.50 bits per heavy atom. The van der Waals surface area contributed by atoms with Crippen molar-refractivity contribution in [3.63, 3.8) is 0 Å². The van der Waals surface area contributed by atoms with Gasteiger partial charge in [0.25, 0.3) is 5.91 Å². The van der Waals surface area contributed by atoms with E-state index in [0.717, 1.165) is 24.2 Å². The summed E-state index contributed by atoms with van der Waals surface area (Å²) in [5.74, 6) is 0.603. The maximum absolute atomic E-state index is 12.2. The summed E-state index contributed by atoms with van der Waals surface area (Å²) in [5, 5.41) is 10.1. The predicted octanol–water partition coefficient (Wildman–Crippen LogP) is 2.42. The Morgan fingerprint density at radius 3 is 3.14 bits per heavy atom. The molecule has 2 atom stereocenters. The number of nitrogens with zero attached hydrogens (tertiary/aromatic N) is 2. The molecule has 0 spiro atoms.